The number of carboxylic acid groups (broad SMARTS) is 1. The van der Waals surface area contributed by atoms with Crippen LogP contribution in [0.2, 0.25) is 0 Å². The van der Waals surface area contributed by atoms with E-state index in [1.54, 1.807) is 0 Å². The Kier molecular flexibility index (Phi) is 18.0. The molecule has 1 aliphatic heterocycles. The molecule has 46 heavy (non-hydrogen) atoms. The molecule has 0 unspecified atom stereocenters. The van der Waals surface area contributed by atoms with Crippen molar-refractivity contribution in [1.29, 1.82) is 0 Å². The van der Waals surface area contributed by atoms with Gasteiger partial charge in [-0.1, -0.05) is 34.1 Å². The molecular weight excluding hydrogens is 598 g/mol. The largest absolute Gasteiger partial charge is 0.480 e. The highest BCUT2D eigenvalue weighted by atomic mass is 16.4. The second-order valence-corrected chi connectivity index (χ2v) is 12.1. The van der Waals surface area contributed by atoms with Gasteiger partial charge in [0, 0.05) is 13.1 Å². The number of aliphatic carboxylic acids is 1. The number of hydrogen-bond acceptors (Lipinski definition) is 8. The van der Waals surface area contributed by atoms with Crippen molar-refractivity contribution in [3.05, 3.63) is 0 Å². The van der Waals surface area contributed by atoms with E-state index < -0.39 is 47.9 Å². The number of amides is 4. The smallest absolute Gasteiger partial charge is 0.326 e. The Morgan fingerprint density at radius 2 is 1.33 bits per heavy atom. The minimum absolute atomic E-state index is 0.0221. The first-order valence-electron chi connectivity index (χ1n) is 15.9. The average molecular weight is 654 g/mol. The highest BCUT2D eigenvalue weighted by Crippen LogP contribution is 2.13. The Balaban J connectivity index is 3.13. The number of carbonyl (C=O) groups is 5. The number of aliphatic imine (C=N–C) groups is 2. The van der Waals surface area contributed by atoms with E-state index in [2.05, 4.69) is 36.6 Å². The van der Waals surface area contributed by atoms with Crippen molar-refractivity contribution in [3.8, 4) is 0 Å². The first kappa shape index (κ1) is 39.9. The van der Waals surface area contributed by atoms with Crippen molar-refractivity contribution >= 4 is 41.5 Å². The quantitative estimate of drug-likeness (QED) is 0.0366. The van der Waals surface area contributed by atoms with Gasteiger partial charge < -0.3 is 54.6 Å². The van der Waals surface area contributed by atoms with Crippen LogP contribution in [0.15, 0.2) is 9.98 Å². The van der Waals surface area contributed by atoms with Gasteiger partial charge >= 0.3 is 5.97 Å². The summed E-state index contributed by atoms with van der Waals surface area (Å²) in [5, 5.41) is 23.6. The van der Waals surface area contributed by atoms with Gasteiger partial charge in [-0.3, -0.25) is 29.2 Å². The van der Waals surface area contributed by atoms with Crippen LogP contribution in [0.1, 0.15) is 79.1 Å². The highest BCUT2D eigenvalue weighted by molar-refractivity contribution is 5.95. The van der Waals surface area contributed by atoms with Crippen molar-refractivity contribution in [2.45, 2.75) is 109 Å². The van der Waals surface area contributed by atoms with Gasteiger partial charge in [-0.15, -0.1) is 0 Å². The van der Waals surface area contributed by atoms with Crippen molar-refractivity contribution in [2.75, 3.05) is 19.6 Å². The third-order valence-corrected chi connectivity index (χ3v) is 7.65. The third kappa shape index (κ3) is 15.2. The molecule has 0 aliphatic carbocycles. The molecule has 6 atom stereocenters. The van der Waals surface area contributed by atoms with Gasteiger partial charge in [0.15, 0.2) is 11.9 Å². The second-order valence-electron chi connectivity index (χ2n) is 12.1. The summed E-state index contributed by atoms with van der Waals surface area (Å²) in [5.41, 5.74) is 21.4. The molecule has 17 nitrogen and oxygen atoms in total. The standard InChI is InChI=1S/C29H55N11O6/c1-5-17(4)22(40-23(41)18-9-6-12-34-18)26(44)39-21(15-16(2)3)25(43)37-19(10-7-13-35-28(30)31)24(42)38-20(27(45)46)11-8-14-36-29(32)33/h16-22,34H,5-15H2,1-4H3,(H,37,43)(H,38,42)(H,39,44)(H,40,41)(H,45,46)(H4,30,31,35)(H4,32,33,36)/t17-,18-,19-,20-,21-,22-/m0/s1. The average Bonchev–Trinajstić information content (AvgIpc) is 3.52. The molecule has 1 fully saturated rings. The zero-order valence-electron chi connectivity index (χ0n) is 27.5. The van der Waals surface area contributed by atoms with Crippen molar-refractivity contribution in [2.24, 2.45) is 44.8 Å². The first-order valence-corrected chi connectivity index (χ1v) is 15.9. The molecule has 0 spiro atoms. The van der Waals surface area contributed by atoms with Crippen LogP contribution in [-0.4, -0.2) is 96.5 Å². The van der Waals surface area contributed by atoms with Gasteiger partial charge in [0.05, 0.1) is 6.04 Å². The van der Waals surface area contributed by atoms with Crippen LogP contribution in [-0.2, 0) is 24.0 Å². The van der Waals surface area contributed by atoms with Crippen LogP contribution < -0.4 is 49.5 Å². The summed E-state index contributed by atoms with van der Waals surface area (Å²) < 4.78 is 0. The lowest BCUT2D eigenvalue weighted by atomic mass is 9.96. The van der Waals surface area contributed by atoms with Crippen molar-refractivity contribution in [3.63, 3.8) is 0 Å². The summed E-state index contributed by atoms with van der Waals surface area (Å²) in [7, 11) is 0. The fourth-order valence-corrected chi connectivity index (χ4v) is 4.91. The topological polar surface area (TPSA) is 295 Å². The lowest BCUT2D eigenvalue weighted by Crippen LogP contribution is -2.59. The van der Waals surface area contributed by atoms with Crippen molar-refractivity contribution in [1.82, 2.24) is 26.6 Å². The number of nitrogens with two attached hydrogens (primary N) is 4. The van der Waals surface area contributed by atoms with Crippen LogP contribution >= 0.6 is 0 Å². The third-order valence-electron chi connectivity index (χ3n) is 7.65. The summed E-state index contributed by atoms with van der Waals surface area (Å²) in [6, 6.07) is -4.72. The highest BCUT2D eigenvalue weighted by Gasteiger charge is 2.34. The monoisotopic (exact) mass is 653 g/mol. The van der Waals surface area contributed by atoms with Crippen LogP contribution in [0.4, 0.5) is 0 Å². The number of hydrogen-bond donors (Lipinski definition) is 10. The van der Waals surface area contributed by atoms with Gasteiger partial charge in [-0.05, 0) is 63.3 Å². The van der Waals surface area contributed by atoms with Crippen LogP contribution in [0.5, 0.6) is 0 Å². The van der Waals surface area contributed by atoms with Gasteiger partial charge in [0.25, 0.3) is 0 Å². The Hall–Kier alpha value is -4.15. The van der Waals surface area contributed by atoms with E-state index in [9.17, 15) is 29.1 Å². The van der Waals surface area contributed by atoms with Crippen LogP contribution in [0.25, 0.3) is 0 Å². The van der Waals surface area contributed by atoms with E-state index in [1.165, 1.54) is 0 Å². The normalized spacial score (nSPS) is 17.5. The molecule has 1 aliphatic rings. The minimum Gasteiger partial charge on any atom is -0.480 e. The molecule has 262 valence electrons. The predicted octanol–water partition coefficient (Wildman–Crippen LogP) is -2.04. The zero-order valence-corrected chi connectivity index (χ0v) is 27.5. The molecule has 0 aromatic heterocycles. The Morgan fingerprint density at radius 3 is 1.80 bits per heavy atom. The van der Waals surface area contributed by atoms with Gasteiger partial charge in [-0.25, -0.2) is 4.79 Å². The molecule has 0 aromatic carbocycles. The van der Waals surface area contributed by atoms with E-state index in [0.717, 1.165) is 13.0 Å². The maximum absolute atomic E-state index is 13.6. The number of carboxylic acids is 1. The maximum Gasteiger partial charge on any atom is 0.326 e. The van der Waals surface area contributed by atoms with Crippen LogP contribution in [0, 0.1) is 11.8 Å². The molecule has 1 heterocycles. The van der Waals surface area contributed by atoms with E-state index in [4.69, 9.17) is 22.9 Å². The van der Waals surface area contributed by atoms with E-state index in [-0.39, 0.29) is 80.9 Å². The van der Waals surface area contributed by atoms with E-state index >= 15 is 0 Å². The molecule has 1 rings (SSSR count). The Bertz CT molecular complexity index is 1070. The molecule has 1 saturated heterocycles. The predicted molar refractivity (Wildman–Crippen MR) is 175 cm³/mol. The van der Waals surface area contributed by atoms with Crippen molar-refractivity contribution < 1.29 is 29.1 Å². The van der Waals surface area contributed by atoms with Gasteiger partial charge in [0.1, 0.15) is 24.2 Å². The molecule has 0 aromatic rings. The lowest BCUT2D eigenvalue weighted by Gasteiger charge is -2.29. The number of guanidine groups is 2. The summed E-state index contributed by atoms with van der Waals surface area (Å²) in [4.78, 5) is 73.0. The number of nitrogens with one attached hydrogen (secondary N) is 5. The second kappa shape index (κ2) is 20.8. The fraction of sp³-hybridized carbons (Fsp3) is 0.759. The van der Waals surface area contributed by atoms with Gasteiger partial charge in [-0.2, -0.15) is 0 Å². The molecule has 14 N–H and O–H groups in total. The molecule has 17 heteroatoms. The summed E-state index contributed by atoms with van der Waals surface area (Å²) in [5.74, 6) is -3.92. The Morgan fingerprint density at radius 1 is 0.804 bits per heavy atom. The number of rotatable bonds is 21. The molecule has 0 saturated carbocycles. The first-order chi connectivity index (χ1) is 21.7. The number of carbonyl (C=O) groups excluding carboxylic acids is 4. The van der Waals surface area contributed by atoms with Crippen LogP contribution in [0.3, 0.4) is 0 Å². The van der Waals surface area contributed by atoms with E-state index in [1.807, 2.05) is 27.7 Å². The summed E-state index contributed by atoms with van der Waals surface area (Å²) >= 11 is 0. The van der Waals surface area contributed by atoms with Gasteiger partial charge in [0.2, 0.25) is 23.6 Å². The molecular formula is C29H55N11O6. The molecule has 0 bridgehead atoms. The fourth-order valence-electron chi connectivity index (χ4n) is 4.91. The Labute approximate surface area is 270 Å². The lowest BCUT2D eigenvalue weighted by molar-refractivity contribution is -0.142. The van der Waals surface area contributed by atoms with E-state index in [0.29, 0.717) is 12.8 Å². The zero-order chi connectivity index (χ0) is 34.8. The SMILES string of the molecule is CC[C@H](C)[C@H](NC(=O)[C@@H]1CCCN1)C(=O)N[C@@H](CC(C)C)C(=O)N[C@@H](CCCN=C(N)N)C(=O)N[C@@H](CCCN=C(N)N)C(=O)O. The summed E-state index contributed by atoms with van der Waals surface area (Å²) in [6.45, 7) is 8.57. The summed E-state index contributed by atoms with van der Waals surface area (Å²) in [6.07, 6.45) is 3.07. The minimum atomic E-state index is -1.26. The maximum atomic E-state index is 13.6. The number of nitrogens with zero attached hydrogens (tertiary/aromatic N) is 2. The molecule has 4 amide bonds. The molecule has 0 radical (unpaired) electrons.